The molecule has 81 heavy (non-hydrogen) atoms. The van der Waals surface area contributed by atoms with Crippen molar-refractivity contribution >= 4 is 46.3 Å². The lowest BCUT2D eigenvalue weighted by Gasteiger charge is -2.37. The van der Waals surface area contributed by atoms with Gasteiger partial charge in [0.2, 0.25) is 17.7 Å². The van der Waals surface area contributed by atoms with E-state index in [0.29, 0.717) is 43.6 Å². The summed E-state index contributed by atoms with van der Waals surface area (Å²) in [6, 6.07) is 20.7. The molecule has 5 N–H and O–H groups in total. The summed E-state index contributed by atoms with van der Waals surface area (Å²) in [6.07, 6.45) is 1.04. The molecule has 436 valence electrons. The first-order chi connectivity index (χ1) is 38.8. The van der Waals surface area contributed by atoms with Crippen molar-refractivity contribution in [3.05, 3.63) is 122 Å². The van der Waals surface area contributed by atoms with Crippen molar-refractivity contribution in [2.45, 2.75) is 118 Å². The van der Waals surface area contributed by atoms with E-state index in [1.807, 2.05) is 97.3 Å². The number of aliphatic hydroxyl groups is 1. The number of hydrogen-bond acceptors (Lipinski definition) is 14. The number of H-pyrrole nitrogens is 1. The van der Waals surface area contributed by atoms with Crippen molar-refractivity contribution in [2.24, 2.45) is 5.41 Å². The van der Waals surface area contributed by atoms with E-state index in [-0.39, 0.29) is 56.1 Å². The molecule has 0 spiro atoms. The van der Waals surface area contributed by atoms with Crippen LogP contribution in [0.1, 0.15) is 104 Å². The van der Waals surface area contributed by atoms with Crippen molar-refractivity contribution in [2.75, 3.05) is 95.3 Å². The average molecular weight is 1130 g/mol. The number of anilines is 2. The number of thiazole rings is 1. The van der Waals surface area contributed by atoms with Crippen molar-refractivity contribution in [3.8, 4) is 21.6 Å². The number of rotatable bonds is 22. The first-order valence-corrected chi connectivity index (χ1v) is 29.5. The second kappa shape index (κ2) is 27.5. The second-order valence-corrected chi connectivity index (χ2v) is 23.7. The fourth-order valence-electron chi connectivity index (χ4n) is 11.3. The summed E-state index contributed by atoms with van der Waals surface area (Å²) < 4.78 is 17.3. The summed E-state index contributed by atoms with van der Waals surface area (Å²) in [5.74, 6) is -1.49. The third-order valence-electron chi connectivity index (χ3n) is 16.0. The molecule has 2 aromatic heterocycles. The fraction of sp³-hybridized carbons (Fsp3) is 0.516. The molecule has 5 heterocycles. The van der Waals surface area contributed by atoms with Gasteiger partial charge in [-0.25, -0.2) is 4.98 Å². The van der Waals surface area contributed by atoms with Crippen molar-refractivity contribution < 1.29 is 38.5 Å². The van der Waals surface area contributed by atoms with Gasteiger partial charge in [-0.2, -0.15) is 0 Å². The molecule has 3 fully saturated rings. The van der Waals surface area contributed by atoms with E-state index in [2.05, 4.69) is 77.9 Å². The Balaban J connectivity index is 0.775. The molecule has 3 saturated heterocycles. The van der Waals surface area contributed by atoms with E-state index in [9.17, 15) is 29.1 Å². The Morgan fingerprint density at radius 3 is 2.23 bits per heavy atom. The van der Waals surface area contributed by atoms with Gasteiger partial charge in [-0.15, -0.1) is 11.3 Å². The first-order valence-electron chi connectivity index (χ1n) is 28.6. The smallest absolute Gasteiger partial charge is 0.253 e. The van der Waals surface area contributed by atoms with Gasteiger partial charge in [-0.3, -0.25) is 28.9 Å². The SMILES string of the molecule is CCN(c1cc(-c2ccc(N3CCN(CCOCCOCC(=O)NC(C(=O)N4C[C@H](O)C[C@H]4C(=O)NC(C)c4ccc(-c5scnc5C)cc4)C(C)(C)C)CC3)cc2)cc(C(=O)NCc2c(C)cc(C)[nH]c2=O)c1C)C1CCOCC1. The van der Waals surface area contributed by atoms with Crippen LogP contribution in [0.2, 0.25) is 0 Å². The van der Waals surface area contributed by atoms with E-state index >= 15 is 0 Å². The van der Waals surface area contributed by atoms with E-state index in [0.717, 1.165) is 113 Å². The number of aryl methyl sites for hydroxylation is 3. The number of aromatic amines is 1. The lowest BCUT2D eigenvalue weighted by atomic mass is 9.85. The van der Waals surface area contributed by atoms with Gasteiger partial charge in [0, 0.05) is 106 Å². The summed E-state index contributed by atoms with van der Waals surface area (Å²) >= 11 is 1.58. The van der Waals surface area contributed by atoms with Gasteiger partial charge < -0.3 is 55.0 Å². The van der Waals surface area contributed by atoms with Gasteiger partial charge in [0.15, 0.2) is 0 Å². The highest BCUT2D eigenvalue weighted by molar-refractivity contribution is 7.13. The minimum absolute atomic E-state index is 0.0190. The molecule has 0 bridgehead atoms. The quantitative estimate of drug-likeness (QED) is 0.0449. The molecular weight excluding hydrogens is 1050 g/mol. The largest absolute Gasteiger partial charge is 0.391 e. The highest BCUT2D eigenvalue weighted by Gasteiger charge is 2.45. The van der Waals surface area contributed by atoms with Gasteiger partial charge in [-0.1, -0.05) is 57.2 Å². The number of pyridine rings is 1. The molecule has 3 aliphatic rings. The van der Waals surface area contributed by atoms with Gasteiger partial charge in [0.05, 0.1) is 48.0 Å². The van der Waals surface area contributed by atoms with Crippen LogP contribution in [-0.2, 0) is 35.1 Å². The van der Waals surface area contributed by atoms with E-state index < -0.39 is 35.4 Å². The van der Waals surface area contributed by atoms with Crippen molar-refractivity contribution in [3.63, 3.8) is 0 Å². The Hall–Kier alpha value is -6.48. The number of nitrogens with one attached hydrogen (secondary N) is 4. The number of aliphatic hydroxyl groups excluding tert-OH is 1. The number of β-amino-alcohol motifs (C(OH)–C–C–N with tert-alkyl or cyclic N) is 1. The first kappa shape index (κ1) is 60.6. The number of aromatic nitrogens is 2. The van der Waals surface area contributed by atoms with Crippen molar-refractivity contribution in [1.29, 1.82) is 0 Å². The second-order valence-electron chi connectivity index (χ2n) is 22.8. The number of carbonyl (C=O) groups is 4. The Morgan fingerprint density at radius 2 is 1.58 bits per heavy atom. The maximum Gasteiger partial charge on any atom is 0.253 e. The van der Waals surface area contributed by atoms with Crippen LogP contribution in [0.15, 0.2) is 77.0 Å². The summed E-state index contributed by atoms with van der Waals surface area (Å²) in [6.45, 7) is 24.5. The number of ether oxygens (including phenoxy) is 3. The Bertz CT molecular complexity index is 3020. The van der Waals surface area contributed by atoms with Gasteiger partial charge in [0.1, 0.15) is 18.7 Å². The normalized spacial score (nSPS) is 17.9. The molecule has 0 saturated carbocycles. The lowest BCUT2D eigenvalue weighted by Crippen LogP contribution is -2.58. The zero-order chi connectivity index (χ0) is 58.0. The predicted molar refractivity (Wildman–Crippen MR) is 318 cm³/mol. The number of hydrogen-bond donors (Lipinski definition) is 5. The standard InChI is InChI=1S/C62H83N9O9S/c1-10-70(49-19-26-78-27-20-49)53-33-47(32-51(41(53)4)58(74)63-35-52-39(2)31-40(3)65-59(52)75)45-15-17-48(18-16-45)69-23-21-68(22-24-69)25-28-79-29-30-80-37-55(73)67-57(62(7,8)9)61(77)71-36-50(72)34-54(71)60(76)66-42(5)44-11-13-46(14-12-44)56-43(6)64-38-81-56/h11-18,31-33,38,42,49-50,54,57,72H,10,19-30,34-37H2,1-9H3,(H,63,74)(H,65,75)(H,66,76)(H,67,73)/t42?,50-,54+,57?/m1/s1. The highest BCUT2D eigenvalue weighted by Crippen LogP contribution is 2.36. The summed E-state index contributed by atoms with van der Waals surface area (Å²) in [5, 5.41) is 19.6. The van der Waals surface area contributed by atoms with Crippen LogP contribution < -0.4 is 31.3 Å². The number of amides is 4. The topological polar surface area (TPSA) is 211 Å². The molecule has 2 unspecified atom stereocenters. The van der Waals surface area contributed by atoms with E-state index in [4.69, 9.17) is 14.2 Å². The number of piperazine rings is 1. The minimum atomic E-state index is -0.969. The van der Waals surface area contributed by atoms with E-state index in [1.54, 1.807) is 11.3 Å². The maximum atomic E-state index is 14.2. The summed E-state index contributed by atoms with van der Waals surface area (Å²) in [7, 11) is 0. The number of carbonyl (C=O) groups excluding carboxylic acids is 4. The zero-order valence-electron chi connectivity index (χ0n) is 48.7. The van der Waals surface area contributed by atoms with Gasteiger partial charge >= 0.3 is 0 Å². The monoisotopic (exact) mass is 1130 g/mol. The number of nitrogens with zero attached hydrogens (tertiary/aromatic N) is 5. The highest BCUT2D eigenvalue weighted by atomic mass is 32.1. The molecule has 4 atom stereocenters. The molecule has 8 rings (SSSR count). The molecule has 3 aromatic carbocycles. The molecule has 18 nitrogen and oxygen atoms in total. The number of likely N-dealkylation sites (tertiary alicyclic amines) is 1. The lowest BCUT2D eigenvalue weighted by molar-refractivity contribution is -0.144. The van der Waals surface area contributed by atoms with Crippen LogP contribution in [0.25, 0.3) is 21.6 Å². The Kier molecular flexibility index (Phi) is 20.6. The predicted octanol–water partition coefficient (Wildman–Crippen LogP) is 6.86. The molecule has 19 heteroatoms. The van der Waals surface area contributed by atoms with Crippen LogP contribution in [0, 0.1) is 33.1 Å². The molecule has 3 aliphatic heterocycles. The molecule has 4 amide bonds. The Morgan fingerprint density at radius 1 is 0.889 bits per heavy atom. The third kappa shape index (κ3) is 15.4. The van der Waals surface area contributed by atoms with Crippen LogP contribution in [0.5, 0.6) is 0 Å². The zero-order valence-corrected chi connectivity index (χ0v) is 49.5. The minimum Gasteiger partial charge on any atom is -0.391 e. The average Bonchev–Trinajstić information content (AvgIpc) is 4.29. The summed E-state index contributed by atoms with van der Waals surface area (Å²) in [5.41, 5.74) is 11.6. The molecule has 5 aromatic rings. The van der Waals surface area contributed by atoms with Crippen molar-refractivity contribution in [1.82, 2.24) is 35.7 Å². The number of benzene rings is 3. The van der Waals surface area contributed by atoms with Crippen LogP contribution in [0.4, 0.5) is 11.4 Å². The Labute approximate surface area is 480 Å². The molecule has 0 aliphatic carbocycles. The third-order valence-corrected chi connectivity index (χ3v) is 17.0. The molecule has 0 radical (unpaired) electrons. The van der Waals surface area contributed by atoms with Crippen LogP contribution in [-0.4, -0.2) is 158 Å². The molecular formula is C62H83N9O9S. The van der Waals surface area contributed by atoms with Gasteiger partial charge in [-0.05, 0) is 124 Å². The van der Waals surface area contributed by atoms with Crippen LogP contribution in [0.3, 0.4) is 0 Å². The van der Waals surface area contributed by atoms with Gasteiger partial charge in [0.25, 0.3) is 11.5 Å². The summed E-state index contributed by atoms with van der Waals surface area (Å²) in [4.78, 5) is 84.8. The van der Waals surface area contributed by atoms with E-state index in [1.165, 1.54) is 4.90 Å². The van der Waals surface area contributed by atoms with Crippen LogP contribution >= 0.6 is 11.3 Å². The fourth-order valence-corrected chi connectivity index (χ4v) is 12.1. The maximum absolute atomic E-state index is 14.2.